The van der Waals surface area contributed by atoms with Crippen molar-refractivity contribution in [1.82, 2.24) is 13.5 Å². The highest BCUT2D eigenvalue weighted by molar-refractivity contribution is 7.26. The van der Waals surface area contributed by atoms with Crippen LogP contribution in [0, 0.1) is 0 Å². The third kappa shape index (κ3) is 5.71. The number of para-hydroxylation sites is 4. The van der Waals surface area contributed by atoms with Gasteiger partial charge in [0.2, 0.25) is 0 Å². The third-order valence-electron chi connectivity index (χ3n) is 15.1. The summed E-state index contributed by atoms with van der Waals surface area (Å²) in [6, 6.07) is 74.8. The SMILES string of the molecule is C=C/C=C(\C=C)c1ccc2c(=O)n3c4ccc(-c5cc(-n6c7ccccc7c7cc(-c8ccc9c%10ccccc%10n(-c%10ccccc%10)c9c8)ccc76)cc6c5sc5ccccc56)cc4c4cccc(c2c1)c43. The molecule has 5 aromatic heterocycles. The van der Waals surface area contributed by atoms with Crippen molar-refractivity contribution >= 4 is 119 Å². The molecule has 15 aromatic rings. The van der Waals surface area contributed by atoms with Crippen molar-refractivity contribution in [1.29, 1.82) is 0 Å². The minimum absolute atomic E-state index is 0.0184. The summed E-state index contributed by atoms with van der Waals surface area (Å²) in [5, 5.41) is 12.1. The molecule has 10 aromatic carbocycles. The molecule has 0 aliphatic heterocycles. The van der Waals surface area contributed by atoms with Crippen LogP contribution in [0.25, 0.3) is 141 Å². The fourth-order valence-electron chi connectivity index (χ4n) is 11.9. The van der Waals surface area contributed by atoms with Gasteiger partial charge in [-0.1, -0.05) is 153 Å². The molecule has 0 spiro atoms. The number of hydrogen-bond acceptors (Lipinski definition) is 2. The number of allylic oxidation sites excluding steroid dienone is 4. The Morgan fingerprint density at radius 3 is 1.82 bits per heavy atom. The molecule has 4 nitrogen and oxygen atoms in total. The van der Waals surface area contributed by atoms with E-state index in [4.69, 9.17) is 0 Å². The Balaban J connectivity index is 0.936. The first-order valence-electron chi connectivity index (χ1n) is 24.3. The standard InChI is InChI=1S/C67H41N3OS/c1-3-15-40(4-2)41-27-31-53-55(34-41)51-21-14-22-52-57-36-44(29-33-62(57)70(65(51)52)67(53)71)54-38-46(39-58-50-20-10-13-25-64(50)72-66(54)58)69-60-24-12-9-19-48(60)56-35-42(28-32-61(56)69)43-26-30-49-47-18-8-11-23-59(47)68(63(49)37-43)45-16-6-5-7-17-45/h3-39H,1-2H2/b40-15+. The molecule has 0 saturated heterocycles. The molecule has 0 atom stereocenters. The molecule has 72 heavy (non-hydrogen) atoms. The first kappa shape index (κ1) is 40.6. The summed E-state index contributed by atoms with van der Waals surface area (Å²) >= 11 is 1.84. The average molecular weight is 936 g/mol. The van der Waals surface area contributed by atoms with E-state index in [2.05, 4.69) is 216 Å². The Bertz CT molecular complexity index is 4920. The van der Waals surface area contributed by atoms with Gasteiger partial charge in [-0.25, -0.2) is 0 Å². The van der Waals surface area contributed by atoms with Crippen LogP contribution in [0.1, 0.15) is 5.56 Å². The van der Waals surface area contributed by atoms with Crippen LogP contribution < -0.4 is 5.56 Å². The molecule has 0 amide bonds. The summed E-state index contributed by atoms with van der Waals surface area (Å²) in [4.78, 5) is 14.6. The molecule has 0 N–H and O–H groups in total. The van der Waals surface area contributed by atoms with Crippen molar-refractivity contribution in [2.24, 2.45) is 0 Å². The van der Waals surface area contributed by atoms with Crippen LogP contribution >= 0.6 is 11.3 Å². The van der Waals surface area contributed by atoms with Crippen LogP contribution in [-0.2, 0) is 0 Å². The maximum atomic E-state index is 14.6. The molecule has 5 heterocycles. The number of pyridine rings is 1. The lowest BCUT2D eigenvalue weighted by Gasteiger charge is -2.13. The van der Waals surface area contributed by atoms with Crippen LogP contribution in [-0.4, -0.2) is 13.5 Å². The smallest absolute Gasteiger partial charge is 0.263 e. The number of hydrogen-bond donors (Lipinski definition) is 0. The van der Waals surface area contributed by atoms with E-state index in [0.717, 1.165) is 77.2 Å². The number of aromatic nitrogens is 3. The molecule has 0 aliphatic carbocycles. The Labute approximate surface area is 417 Å². The molecule has 0 bridgehead atoms. The van der Waals surface area contributed by atoms with E-state index in [0.29, 0.717) is 5.39 Å². The Morgan fingerprint density at radius 1 is 0.417 bits per heavy atom. The minimum Gasteiger partial charge on any atom is -0.309 e. The minimum atomic E-state index is -0.0184. The summed E-state index contributed by atoms with van der Waals surface area (Å²) in [6.45, 7) is 7.95. The van der Waals surface area contributed by atoms with Crippen molar-refractivity contribution in [3.63, 3.8) is 0 Å². The van der Waals surface area contributed by atoms with E-state index in [1.165, 1.54) is 63.9 Å². The fraction of sp³-hybridized carbons (Fsp3) is 0. The zero-order chi connectivity index (χ0) is 47.8. The lowest BCUT2D eigenvalue weighted by atomic mass is 9.98. The maximum absolute atomic E-state index is 14.6. The highest BCUT2D eigenvalue weighted by Crippen LogP contribution is 2.46. The summed E-state index contributed by atoms with van der Waals surface area (Å²) in [6.07, 6.45) is 5.56. The molecule has 0 saturated carbocycles. The van der Waals surface area contributed by atoms with Crippen LogP contribution in [0.5, 0.6) is 0 Å². The predicted octanol–water partition coefficient (Wildman–Crippen LogP) is 17.8. The summed E-state index contributed by atoms with van der Waals surface area (Å²) < 4.78 is 9.26. The van der Waals surface area contributed by atoms with E-state index < -0.39 is 0 Å². The van der Waals surface area contributed by atoms with Crippen LogP contribution in [0.15, 0.2) is 242 Å². The first-order valence-corrected chi connectivity index (χ1v) is 25.2. The van der Waals surface area contributed by atoms with Gasteiger partial charge < -0.3 is 9.13 Å². The van der Waals surface area contributed by atoms with Gasteiger partial charge in [0.1, 0.15) is 0 Å². The van der Waals surface area contributed by atoms with E-state index in [1.807, 2.05) is 40.0 Å². The Morgan fingerprint density at radius 2 is 1.01 bits per heavy atom. The lowest BCUT2D eigenvalue weighted by Crippen LogP contribution is -2.13. The third-order valence-corrected chi connectivity index (χ3v) is 16.3. The predicted molar refractivity (Wildman–Crippen MR) is 308 cm³/mol. The number of thiophene rings is 1. The van der Waals surface area contributed by atoms with Gasteiger partial charge in [-0.15, -0.1) is 11.3 Å². The van der Waals surface area contributed by atoms with Crippen LogP contribution in [0.3, 0.4) is 0 Å². The zero-order valence-electron chi connectivity index (χ0n) is 38.9. The topological polar surface area (TPSA) is 31.3 Å². The largest absolute Gasteiger partial charge is 0.309 e. The van der Waals surface area contributed by atoms with Crippen molar-refractivity contribution in [3.8, 4) is 33.6 Å². The number of benzene rings is 10. The number of rotatable bonds is 7. The molecular weight excluding hydrogens is 895 g/mol. The Hall–Kier alpha value is -9.29. The zero-order valence-corrected chi connectivity index (χ0v) is 39.8. The van der Waals surface area contributed by atoms with Gasteiger partial charge in [-0.2, -0.15) is 0 Å². The van der Waals surface area contributed by atoms with Gasteiger partial charge >= 0.3 is 0 Å². The second-order valence-corrected chi connectivity index (χ2v) is 19.9. The lowest BCUT2D eigenvalue weighted by molar-refractivity contribution is 1.18. The number of fused-ring (bicyclic) bond motifs is 14. The molecular formula is C67H41N3OS. The van der Waals surface area contributed by atoms with Crippen LogP contribution in [0.2, 0.25) is 0 Å². The van der Waals surface area contributed by atoms with Crippen LogP contribution in [0.4, 0.5) is 0 Å². The quantitative estimate of drug-likeness (QED) is 0.116. The van der Waals surface area contributed by atoms with Gasteiger partial charge in [0.25, 0.3) is 5.56 Å². The highest BCUT2D eigenvalue weighted by atomic mass is 32.1. The van der Waals surface area contributed by atoms with E-state index >= 15 is 0 Å². The van der Waals surface area contributed by atoms with Gasteiger partial charge in [0.15, 0.2) is 0 Å². The molecule has 0 fully saturated rings. The Kier molecular flexibility index (Phi) is 8.65. The second kappa shape index (κ2) is 15.4. The second-order valence-electron chi connectivity index (χ2n) is 18.9. The number of nitrogens with zero attached hydrogens (tertiary/aromatic N) is 3. The highest BCUT2D eigenvalue weighted by Gasteiger charge is 2.22. The molecule has 15 rings (SSSR count). The molecule has 0 unspecified atom stereocenters. The van der Waals surface area contributed by atoms with Gasteiger partial charge in [0, 0.05) is 80.2 Å². The van der Waals surface area contributed by atoms with E-state index in [9.17, 15) is 4.79 Å². The molecule has 0 aliphatic rings. The van der Waals surface area contributed by atoms with Crippen molar-refractivity contribution < 1.29 is 0 Å². The van der Waals surface area contributed by atoms with Crippen molar-refractivity contribution in [2.75, 3.05) is 0 Å². The van der Waals surface area contributed by atoms with E-state index in [1.54, 1.807) is 6.08 Å². The van der Waals surface area contributed by atoms with Gasteiger partial charge in [0.05, 0.1) is 33.1 Å². The summed E-state index contributed by atoms with van der Waals surface area (Å²) in [5.74, 6) is 0. The normalized spacial score (nSPS) is 12.4. The van der Waals surface area contributed by atoms with Gasteiger partial charge in [-0.05, 0) is 118 Å². The fourth-order valence-corrected chi connectivity index (χ4v) is 13.1. The molecule has 0 radical (unpaired) electrons. The van der Waals surface area contributed by atoms with Gasteiger partial charge in [-0.3, -0.25) is 9.20 Å². The van der Waals surface area contributed by atoms with Crippen molar-refractivity contribution in [2.45, 2.75) is 0 Å². The van der Waals surface area contributed by atoms with Crippen molar-refractivity contribution in [3.05, 3.63) is 254 Å². The summed E-state index contributed by atoms with van der Waals surface area (Å²) in [7, 11) is 0. The first-order chi connectivity index (χ1) is 35.5. The average Bonchev–Trinajstić information content (AvgIpc) is 4.18. The maximum Gasteiger partial charge on any atom is 0.263 e. The monoisotopic (exact) mass is 935 g/mol. The summed E-state index contributed by atoms with van der Waals surface area (Å²) in [5.41, 5.74) is 15.3. The molecule has 336 valence electrons. The van der Waals surface area contributed by atoms with E-state index in [-0.39, 0.29) is 5.56 Å². The molecule has 5 heteroatoms.